The van der Waals surface area contributed by atoms with Crippen LogP contribution in [0.5, 0.6) is 0 Å². The van der Waals surface area contributed by atoms with Gasteiger partial charge in [0.1, 0.15) is 6.04 Å². The number of para-hydroxylation sites is 1. The van der Waals surface area contributed by atoms with E-state index in [1.807, 2.05) is 57.2 Å². The smallest absolute Gasteiger partial charge is 0.253 e. The van der Waals surface area contributed by atoms with E-state index in [1.165, 1.54) is 6.92 Å². The zero-order chi connectivity index (χ0) is 25.8. The summed E-state index contributed by atoms with van der Waals surface area (Å²) >= 11 is 0. The van der Waals surface area contributed by atoms with Crippen molar-refractivity contribution in [3.8, 4) is 0 Å². The van der Waals surface area contributed by atoms with Gasteiger partial charge >= 0.3 is 0 Å². The first-order valence-electron chi connectivity index (χ1n) is 11.3. The lowest BCUT2D eigenvalue weighted by Gasteiger charge is -2.29. The molecule has 0 aliphatic carbocycles. The number of anilines is 2. The fraction of sp³-hybridized carbons (Fsp3) is 0.259. The van der Waals surface area contributed by atoms with E-state index in [9.17, 15) is 18.0 Å². The molecule has 8 heteroatoms. The number of aryl methyl sites for hydroxylation is 2. The summed E-state index contributed by atoms with van der Waals surface area (Å²) in [6.45, 7) is 7.14. The van der Waals surface area contributed by atoms with Crippen molar-refractivity contribution < 1.29 is 18.0 Å². The van der Waals surface area contributed by atoms with Gasteiger partial charge in [-0.1, -0.05) is 48.5 Å². The van der Waals surface area contributed by atoms with Gasteiger partial charge in [0.15, 0.2) is 0 Å². The third-order valence-electron chi connectivity index (χ3n) is 5.63. The van der Waals surface area contributed by atoms with Gasteiger partial charge in [0.25, 0.3) is 5.91 Å². The van der Waals surface area contributed by atoms with Crippen molar-refractivity contribution in [2.24, 2.45) is 0 Å². The van der Waals surface area contributed by atoms with Crippen LogP contribution in [0.25, 0.3) is 0 Å². The third kappa shape index (κ3) is 6.48. The normalized spacial score (nSPS) is 12.9. The van der Waals surface area contributed by atoms with E-state index in [0.29, 0.717) is 11.4 Å². The Bertz CT molecular complexity index is 1300. The second-order valence-corrected chi connectivity index (χ2v) is 10.6. The molecule has 0 bridgehead atoms. The molecule has 0 aromatic heterocycles. The zero-order valence-electron chi connectivity index (χ0n) is 20.6. The van der Waals surface area contributed by atoms with Gasteiger partial charge in [-0.25, -0.2) is 8.42 Å². The molecule has 3 aromatic rings. The van der Waals surface area contributed by atoms with Crippen LogP contribution in [0, 0.1) is 13.8 Å². The summed E-state index contributed by atoms with van der Waals surface area (Å²) in [5, 5.41) is 5.69. The first-order valence-corrected chi connectivity index (χ1v) is 13.2. The fourth-order valence-corrected chi connectivity index (χ4v) is 5.17. The molecule has 0 fully saturated rings. The van der Waals surface area contributed by atoms with Crippen molar-refractivity contribution in [2.75, 3.05) is 15.9 Å². The molecule has 0 radical (unpaired) electrons. The highest BCUT2D eigenvalue weighted by Gasteiger charge is 2.30. The van der Waals surface area contributed by atoms with E-state index >= 15 is 0 Å². The van der Waals surface area contributed by atoms with Crippen LogP contribution in [0.2, 0.25) is 0 Å². The fourth-order valence-electron chi connectivity index (χ4n) is 4.01. The van der Waals surface area contributed by atoms with Crippen molar-refractivity contribution in [1.29, 1.82) is 0 Å². The molecule has 0 unspecified atom stereocenters. The van der Waals surface area contributed by atoms with Gasteiger partial charge in [-0.15, -0.1) is 0 Å². The molecule has 35 heavy (non-hydrogen) atoms. The molecule has 0 heterocycles. The van der Waals surface area contributed by atoms with Crippen LogP contribution in [-0.4, -0.2) is 32.5 Å². The van der Waals surface area contributed by atoms with Crippen LogP contribution >= 0.6 is 0 Å². The van der Waals surface area contributed by atoms with Crippen LogP contribution in [0.15, 0.2) is 72.8 Å². The number of amides is 2. The van der Waals surface area contributed by atoms with Crippen LogP contribution < -0.4 is 14.9 Å². The molecule has 0 spiro atoms. The van der Waals surface area contributed by atoms with Gasteiger partial charge < -0.3 is 10.6 Å². The second-order valence-electron chi connectivity index (χ2n) is 8.72. The van der Waals surface area contributed by atoms with E-state index in [0.717, 1.165) is 27.3 Å². The van der Waals surface area contributed by atoms with Crippen molar-refractivity contribution in [1.82, 2.24) is 5.32 Å². The molecule has 0 saturated carbocycles. The molecule has 3 aromatic carbocycles. The van der Waals surface area contributed by atoms with Crippen molar-refractivity contribution in [3.05, 3.63) is 95.1 Å². The lowest BCUT2D eigenvalue weighted by Crippen LogP contribution is -2.45. The largest absolute Gasteiger partial charge is 0.345 e. The average molecular weight is 494 g/mol. The number of rotatable bonds is 8. The number of sulfonamides is 1. The molecule has 0 saturated heterocycles. The number of nitrogens with zero attached hydrogens (tertiary/aromatic N) is 1. The number of hydrogen-bond acceptors (Lipinski definition) is 4. The molecule has 0 aliphatic heterocycles. The summed E-state index contributed by atoms with van der Waals surface area (Å²) in [5.74, 6) is -0.898. The maximum absolute atomic E-state index is 13.2. The number of benzene rings is 3. The molecular weight excluding hydrogens is 462 g/mol. The topological polar surface area (TPSA) is 95.6 Å². The third-order valence-corrected chi connectivity index (χ3v) is 6.87. The molecule has 7 nitrogen and oxygen atoms in total. The van der Waals surface area contributed by atoms with E-state index in [4.69, 9.17) is 0 Å². The molecular formula is C27H31N3O4S. The van der Waals surface area contributed by atoms with Crippen LogP contribution in [-0.2, 0) is 14.8 Å². The van der Waals surface area contributed by atoms with E-state index in [2.05, 4.69) is 10.6 Å². The second kappa shape index (κ2) is 10.7. The Morgan fingerprint density at radius 2 is 1.43 bits per heavy atom. The zero-order valence-corrected chi connectivity index (χ0v) is 21.4. The van der Waals surface area contributed by atoms with Gasteiger partial charge in [0.2, 0.25) is 15.9 Å². The lowest BCUT2D eigenvalue weighted by atomic mass is 10.1. The summed E-state index contributed by atoms with van der Waals surface area (Å²) in [5.41, 5.74) is 3.72. The molecule has 184 valence electrons. The SMILES string of the molecule is Cc1cc(C)cc(N([C@@H](C)C(=O)Nc2ccccc2C(=O)N[C@@H](C)c2ccccc2)S(C)(=O)=O)c1. The minimum Gasteiger partial charge on any atom is -0.345 e. The minimum atomic E-state index is -3.77. The highest BCUT2D eigenvalue weighted by atomic mass is 32.2. The van der Waals surface area contributed by atoms with Crippen molar-refractivity contribution >= 4 is 33.2 Å². The average Bonchev–Trinajstić information content (AvgIpc) is 2.78. The minimum absolute atomic E-state index is 0.239. The van der Waals surface area contributed by atoms with Gasteiger partial charge in [0, 0.05) is 0 Å². The summed E-state index contributed by atoms with van der Waals surface area (Å²) in [4.78, 5) is 26.2. The van der Waals surface area contributed by atoms with Gasteiger partial charge in [-0.3, -0.25) is 13.9 Å². The number of nitrogens with one attached hydrogen (secondary N) is 2. The van der Waals surface area contributed by atoms with Crippen LogP contribution in [0.1, 0.15) is 46.9 Å². The van der Waals surface area contributed by atoms with Crippen molar-refractivity contribution in [2.45, 2.75) is 39.8 Å². The predicted molar refractivity (Wildman–Crippen MR) is 140 cm³/mol. The molecule has 3 rings (SSSR count). The number of carbonyl (C=O) groups is 2. The first-order chi connectivity index (χ1) is 16.5. The Balaban J connectivity index is 1.84. The van der Waals surface area contributed by atoms with E-state index in [-0.39, 0.29) is 17.5 Å². The van der Waals surface area contributed by atoms with Gasteiger partial charge in [0.05, 0.1) is 29.2 Å². The van der Waals surface area contributed by atoms with Crippen LogP contribution in [0.3, 0.4) is 0 Å². The summed E-state index contributed by atoms with van der Waals surface area (Å²) in [6, 6.07) is 20.3. The maximum atomic E-state index is 13.2. The Labute approximate surface area is 207 Å². The van der Waals surface area contributed by atoms with Crippen LogP contribution in [0.4, 0.5) is 11.4 Å². The predicted octanol–water partition coefficient (Wildman–Crippen LogP) is 4.59. The standard InChI is InChI=1S/C27H31N3O4S/c1-18-15-19(2)17-23(16-18)30(35(5,33)34)21(4)26(31)29-25-14-10-9-13-24(25)27(32)28-20(3)22-11-7-6-8-12-22/h6-17,20-21H,1-5H3,(H,28,32)(H,29,31)/t20-,21-/m0/s1. The lowest BCUT2D eigenvalue weighted by molar-refractivity contribution is -0.116. The monoisotopic (exact) mass is 493 g/mol. The van der Waals surface area contributed by atoms with E-state index < -0.39 is 22.0 Å². The van der Waals surface area contributed by atoms with Gasteiger partial charge in [-0.05, 0) is 68.7 Å². The number of hydrogen-bond donors (Lipinski definition) is 2. The summed E-state index contributed by atoms with van der Waals surface area (Å²) in [7, 11) is -3.77. The Morgan fingerprint density at radius 3 is 2.03 bits per heavy atom. The highest BCUT2D eigenvalue weighted by molar-refractivity contribution is 7.92. The molecule has 2 atom stereocenters. The highest BCUT2D eigenvalue weighted by Crippen LogP contribution is 2.25. The summed E-state index contributed by atoms with van der Waals surface area (Å²) in [6.07, 6.45) is 1.07. The van der Waals surface area contributed by atoms with Crippen molar-refractivity contribution in [3.63, 3.8) is 0 Å². The summed E-state index contributed by atoms with van der Waals surface area (Å²) < 4.78 is 26.4. The first kappa shape index (κ1) is 26.0. The Morgan fingerprint density at radius 1 is 0.857 bits per heavy atom. The molecule has 2 N–H and O–H groups in total. The van der Waals surface area contributed by atoms with E-state index in [1.54, 1.807) is 36.4 Å². The molecule has 2 amide bonds. The Hall–Kier alpha value is -3.65. The van der Waals surface area contributed by atoms with Gasteiger partial charge in [-0.2, -0.15) is 0 Å². The quantitative estimate of drug-likeness (QED) is 0.480. The Kier molecular flexibility index (Phi) is 7.96. The number of carbonyl (C=O) groups excluding carboxylic acids is 2. The molecule has 0 aliphatic rings. The maximum Gasteiger partial charge on any atom is 0.253 e.